The van der Waals surface area contributed by atoms with E-state index in [9.17, 15) is 19.7 Å². The van der Waals surface area contributed by atoms with E-state index in [-0.39, 0.29) is 23.1 Å². The van der Waals surface area contributed by atoms with Crippen LogP contribution < -0.4 is 5.32 Å². The fourth-order valence-electron chi connectivity index (χ4n) is 2.93. The number of carbonyl (C=O) groups is 2. The molecule has 1 aliphatic rings. The van der Waals surface area contributed by atoms with Crippen LogP contribution in [-0.4, -0.2) is 65.8 Å². The van der Waals surface area contributed by atoms with Gasteiger partial charge in [0.05, 0.1) is 10.5 Å². The average Bonchev–Trinajstić information content (AvgIpc) is 3.23. The normalized spacial score (nSPS) is 14.7. The van der Waals surface area contributed by atoms with Gasteiger partial charge in [-0.05, 0) is 17.5 Å². The SMILES string of the molecule is O=C(NCCN1CCN(C(=O)c2ccsc2)CC1)c1cccc([N+](=O)[O-])c1. The molecule has 0 saturated carbocycles. The highest BCUT2D eigenvalue weighted by Gasteiger charge is 2.22. The second-order valence-electron chi connectivity index (χ2n) is 6.21. The van der Waals surface area contributed by atoms with Crippen LogP contribution in [0.15, 0.2) is 41.1 Å². The number of non-ortho nitro benzene ring substituents is 1. The molecule has 0 unspecified atom stereocenters. The summed E-state index contributed by atoms with van der Waals surface area (Å²) in [7, 11) is 0. The molecule has 27 heavy (non-hydrogen) atoms. The predicted molar refractivity (Wildman–Crippen MR) is 102 cm³/mol. The van der Waals surface area contributed by atoms with Crippen LogP contribution in [-0.2, 0) is 0 Å². The molecule has 2 amide bonds. The van der Waals surface area contributed by atoms with Crippen molar-refractivity contribution in [3.63, 3.8) is 0 Å². The number of nitrogens with one attached hydrogen (secondary N) is 1. The summed E-state index contributed by atoms with van der Waals surface area (Å²) in [6.45, 7) is 3.94. The van der Waals surface area contributed by atoms with Gasteiger partial charge in [0.1, 0.15) is 0 Å². The van der Waals surface area contributed by atoms with E-state index < -0.39 is 4.92 Å². The number of nitro groups is 1. The topological polar surface area (TPSA) is 95.8 Å². The van der Waals surface area contributed by atoms with Crippen LogP contribution >= 0.6 is 11.3 Å². The van der Waals surface area contributed by atoms with Crippen molar-refractivity contribution in [2.45, 2.75) is 0 Å². The van der Waals surface area contributed by atoms with Crippen molar-refractivity contribution in [2.24, 2.45) is 0 Å². The molecule has 1 N–H and O–H groups in total. The quantitative estimate of drug-likeness (QED) is 0.602. The van der Waals surface area contributed by atoms with E-state index in [1.54, 1.807) is 6.07 Å². The molecule has 0 aliphatic carbocycles. The maximum absolute atomic E-state index is 12.3. The molecular formula is C18H20N4O4S. The smallest absolute Gasteiger partial charge is 0.270 e. The van der Waals surface area contributed by atoms with Crippen molar-refractivity contribution < 1.29 is 14.5 Å². The van der Waals surface area contributed by atoms with E-state index in [4.69, 9.17) is 0 Å². The first-order valence-electron chi connectivity index (χ1n) is 8.61. The van der Waals surface area contributed by atoms with Crippen LogP contribution in [0, 0.1) is 10.1 Å². The van der Waals surface area contributed by atoms with Gasteiger partial charge in [-0.15, -0.1) is 0 Å². The Bertz CT molecular complexity index is 817. The summed E-state index contributed by atoms with van der Waals surface area (Å²) in [6.07, 6.45) is 0. The summed E-state index contributed by atoms with van der Waals surface area (Å²) in [6, 6.07) is 7.51. The summed E-state index contributed by atoms with van der Waals surface area (Å²) in [4.78, 5) is 38.7. The molecule has 3 rings (SSSR count). The van der Waals surface area contributed by atoms with Gasteiger partial charge in [-0.2, -0.15) is 11.3 Å². The number of thiophene rings is 1. The van der Waals surface area contributed by atoms with Crippen LogP contribution in [0.1, 0.15) is 20.7 Å². The highest BCUT2D eigenvalue weighted by molar-refractivity contribution is 7.08. The molecule has 1 fully saturated rings. The van der Waals surface area contributed by atoms with E-state index in [1.165, 1.54) is 29.5 Å². The van der Waals surface area contributed by atoms with Crippen molar-refractivity contribution >= 4 is 28.8 Å². The predicted octanol–water partition coefficient (Wildman–Crippen LogP) is 1.84. The Balaban J connectivity index is 1.41. The number of hydrogen-bond acceptors (Lipinski definition) is 6. The Kier molecular flexibility index (Phi) is 6.15. The maximum atomic E-state index is 12.3. The Morgan fingerprint density at radius 2 is 1.93 bits per heavy atom. The highest BCUT2D eigenvalue weighted by atomic mass is 32.1. The molecule has 142 valence electrons. The maximum Gasteiger partial charge on any atom is 0.270 e. The molecule has 9 heteroatoms. The van der Waals surface area contributed by atoms with Crippen LogP contribution in [0.4, 0.5) is 5.69 Å². The van der Waals surface area contributed by atoms with E-state index in [0.717, 1.165) is 18.7 Å². The van der Waals surface area contributed by atoms with Crippen molar-refractivity contribution in [3.8, 4) is 0 Å². The Morgan fingerprint density at radius 3 is 2.59 bits per heavy atom. The molecule has 0 spiro atoms. The molecule has 2 heterocycles. The second-order valence-corrected chi connectivity index (χ2v) is 6.99. The fraction of sp³-hybridized carbons (Fsp3) is 0.333. The zero-order valence-corrected chi connectivity index (χ0v) is 15.5. The molecule has 1 aromatic carbocycles. The number of benzene rings is 1. The first kappa shape index (κ1) is 19.0. The molecule has 8 nitrogen and oxygen atoms in total. The number of nitro benzene ring substituents is 1. The van der Waals surface area contributed by atoms with Gasteiger partial charge >= 0.3 is 0 Å². The number of rotatable bonds is 6. The summed E-state index contributed by atoms with van der Waals surface area (Å²) in [5, 5.41) is 17.3. The van der Waals surface area contributed by atoms with Gasteiger partial charge in [0, 0.05) is 62.3 Å². The summed E-state index contributed by atoms with van der Waals surface area (Å²) < 4.78 is 0. The standard InChI is InChI=1S/C18H20N4O4S/c23-17(14-2-1-3-16(12-14)22(25)26)19-5-6-20-7-9-21(10-8-20)18(24)15-4-11-27-13-15/h1-4,11-13H,5-10H2,(H,19,23). The Hall–Kier alpha value is -2.78. The molecule has 0 radical (unpaired) electrons. The van der Waals surface area contributed by atoms with Crippen LogP contribution in [0.5, 0.6) is 0 Å². The second kappa shape index (κ2) is 8.74. The number of piperazine rings is 1. The largest absolute Gasteiger partial charge is 0.351 e. The molecule has 0 atom stereocenters. The van der Waals surface area contributed by atoms with Gasteiger partial charge in [0.25, 0.3) is 17.5 Å². The van der Waals surface area contributed by atoms with Gasteiger partial charge < -0.3 is 10.2 Å². The Morgan fingerprint density at radius 1 is 1.15 bits per heavy atom. The van der Waals surface area contributed by atoms with Gasteiger partial charge in [0.15, 0.2) is 0 Å². The molecule has 1 aromatic heterocycles. The third-order valence-electron chi connectivity index (χ3n) is 4.46. The minimum Gasteiger partial charge on any atom is -0.351 e. The van der Waals surface area contributed by atoms with Crippen molar-refractivity contribution in [1.29, 1.82) is 0 Å². The molecular weight excluding hydrogens is 368 g/mol. The van der Waals surface area contributed by atoms with E-state index >= 15 is 0 Å². The van der Waals surface area contributed by atoms with Crippen molar-refractivity contribution in [1.82, 2.24) is 15.1 Å². The van der Waals surface area contributed by atoms with Crippen LogP contribution in [0.25, 0.3) is 0 Å². The number of hydrogen-bond donors (Lipinski definition) is 1. The first-order chi connectivity index (χ1) is 13.0. The number of carbonyl (C=O) groups excluding carboxylic acids is 2. The Labute approximate surface area is 160 Å². The third kappa shape index (κ3) is 4.89. The minimum atomic E-state index is -0.520. The third-order valence-corrected chi connectivity index (χ3v) is 5.14. The molecule has 1 saturated heterocycles. The lowest BCUT2D eigenvalue weighted by Crippen LogP contribution is -2.50. The lowest BCUT2D eigenvalue weighted by atomic mass is 10.2. The average molecular weight is 388 g/mol. The zero-order chi connectivity index (χ0) is 19.2. The fourth-order valence-corrected chi connectivity index (χ4v) is 3.56. The highest BCUT2D eigenvalue weighted by Crippen LogP contribution is 2.13. The van der Waals surface area contributed by atoms with E-state index in [1.807, 2.05) is 21.7 Å². The summed E-state index contributed by atoms with van der Waals surface area (Å²) in [5.74, 6) is -0.264. The van der Waals surface area contributed by atoms with E-state index in [0.29, 0.717) is 26.2 Å². The van der Waals surface area contributed by atoms with Gasteiger partial charge in [-0.1, -0.05) is 6.07 Å². The van der Waals surface area contributed by atoms with Crippen molar-refractivity contribution in [3.05, 3.63) is 62.3 Å². The number of amides is 2. The molecule has 2 aromatic rings. The van der Waals surface area contributed by atoms with Gasteiger partial charge in [0.2, 0.25) is 0 Å². The zero-order valence-electron chi connectivity index (χ0n) is 14.7. The number of nitrogens with zero attached hydrogens (tertiary/aromatic N) is 3. The van der Waals surface area contributed by atoms with Gasteiger partial charge in [-0.25, -0.2) is 0 Å². The lowest BCUT2D eigenvalue weighted by molar-refractivity contribution is -0.384. The first-order valence-corrected chi connectivity index (χ1v) is 9.55. The van der Waals surface area contributed by atoms with Crippen LogP contribution in [0.2, 0.25) is 0 Å². The molecule has 1 aliphatic heterocycles. The van der Waals surface area contributed by atoms with Crippen LogP contribution in [0.3, 0.4) is 0 Å². The lowest BCUT2D eigenvalue weighted by Gasteiger charge is -2.34. The molecule has 0 bridgehead atoms. The summed E-state index contributed by atoms with van der Waals surface area (Å²) in [5.41, 5.74) is 0.905. The van der Waals surface area contributed by atoms with Gasteiger partial charge in [-0.3, -0.25) is 24.6 Å². The summed E-state index contributed by atoms with van der Waals surface area (Å²) >= 11 is 1.51. The minimum absolute atomic E-state index is 0.0647. The van der Waals surface area contributed by atoms with E-state index in [2.05, 4.69) is 10.2 Å². The van der Waals surface area contributed by atoms with Crippen molar-refractivity contribution in [2.75, 3.05) is 39.3 Å². The monoisotopic (exact) mass is 388 g/mol.